The lowest BCUT2D eigenvalue weighted by Crippen LogP contribution is -2.54. The number of rotatable bonds is 7. The number of nitrogens with one attached hydrogen (secondary N) is 1. The average molecular weight is 342 g/mol. The number of piperazine rings is 1. The van der Waals surface area contributed by atoms with Crippen molar-refractivity contribution in [2.75, 3.05) is 39.3 Å². The largest absolute Gasteiger partial charge is 0.337 e. The van der Waals surface area contributed by atoms with Crippen molar-refractivity contribution in [1.82, 2.24) is 15.1 Å². The number of nitriles is 1. The van der Waals surface area contributed by atoms with Crippen molar-refractivity contribution < 1.29 is 4.79 Å². The zero-order valence-electron chi connectivity index (χ0n) is 15.7. The molecule has 0 saturated carbocycles. The molecule has 136 valence electrons. The maximum absolute atomic E-state index is 12.3. The van der Waals surface area contributed by atoms with Gasteiger partial charge in [-0.2, -0.15) is 5.26 Å². The van der Waals surface area contributed by atoms with Crippen molar-refractivity contribution in [3.05, 3.63) is 35.9 Å². The summed E-state index contributed by atoms with van der Waals surface area (Å²) >= 11 is 0. The minimum absolute atomic E-state index is 0.0597. The third kappa shape index (κ3) is 5.84. The smallest absolute Gasteiger partial charge is 0.235 e. The molecule has 0 aromatic heterocycles. The summed E-state index contributed by atoms with van der Waals surface area (Å²) in [6.07, 6.45) is 1.07. The van der Waals surface area contributed by atoms with E-state index in [-0.39, 0.29) is 11.8 Å². The molecule has 1 heterocycles. The lowest BCUT2D eigenvalue weighted by atomic mass is 9.90. The Hall–Kier alpha value is -1.90. The Morgan fingerprint density at radius 2 is 1.80 bits per heavy atom. The molecule has 1 atom stereocenters. The van der Waals surface area contributed by atoms with Crippen molar-refractivity contribution in [2.24, 2.45) is 5.92 Å². The van der Waals surface area contributed by atoms with E-state index in [9.17, 15) is 10.1 Å². The van der Waals surface area contributed by atoms with E-state index in [4.69, 9.17) is 0 Å². The number of benzene rings is 1. The van der Waals surface area contributed by atoms with Crippen molar-refractivity contribution >= 4 is 5.91 Å². The summed E-state index contributed by atoms with van der Waals surface area (Å²) in [5, 5.41) is 12.2. The summed E-state index contributed by atoms with van der Waals surface area (Å²) in [4.78, 5) is 16.9. The van der Waals surface area contributed by atoms with Gasteiger partial charge < -0.3 is 10.2 Å². The zero-order chi connectivity index (χ0) is 18.3. The normalized spacial score (nSPS) is 18.5. The molecule has 1 saturated heterocycles. The van der Waals surface area contributed by atoms with Gasteiger partial charge in [-0.1, -0.05) is 44.2 Å². The second kappa shape index (κ2) is 8.98. The van der Waals surface area contributed by atoms with E-state index in [0.29, 0.717) is 6.54 Å². The molecule has 0 spiro atoms. The number of hydrogen-bond acceptors (Lipinski definition) is 4. The molecule has 1 aromatic rings. The predicted molar refractivity (Wildman–Crippen MR) is 100 cm³/mol. The fraction of sp³-hybridized carbons (Fsp3) is 0.600. The van der Waals surface area contributed by atoms with Crippen LogP contribution in [0.15, 0.2) is 30.3 Å². The van der Waals surface area contributed by atoms with Gasteiger partial charge in [0.2, 0.25) is 5.91 Å². The second-order valence-electron chi connectivity index (χ2n) is 7.37. The molecule has 1 aliphatic rings. The molecule has 0 radical (unpaired) electrons. The van der Waals surface area contributed by atoms with Gasteiger partial charge in [0.1, 0.15) is 5.54 Å². The lowest BCUT2D eigenvalue weighted by molar-refractivity contribution is -0.124. The number of carbonyl (C=O) groups is 1. The summed E-state index contributed by atoms with van der Waals surface area (Å²) in [6.45, 7) is 10.9. The van der Waals surface area contributed by atoms with Crippen LogP contribution in [-0.4, -0.2) is 60.5 Å². The monoisotopic (exact) mass is 342 g/mol. The lowest BCUT2D eigenvalue weighted by Gasteiger charge is -2.35. The standard InChI is InChI=1S/C20H30N4O/c1-17(2)20(3,16-21)22-19(25)15-24-13-11-23(12-14-24)10-9-18-7-5-4-6-8-18/h4-8,17H,9-15H2,1-3H3,(H,22,25). The SMILES string of the molecule is CC(C)C(C)(C#N)NC(=O)CN1CCN(CCc2ccccc2)CC1. The fourth-order valence-electron chi connectivity index (χ4n) is 2.94. The van der Waals surface area contributed by atoms with Crippen molar-refractivity contribution in [1.29, 1.82) is 5.26 Å². The van der Waals surface area contributed by atoms with E-state index in [0.717, 1.165) is 39.1 Å². The van der Waals surface area contributed by atoms with Crippen LogP contribution in [-0.2, 0) is 11.2 Å². The molecule has 1 unspecified atom stereocenters. The summed E-state index contributed by atoms with van der Waals surface area (Å²) in [5.74, 6) is 0.0202. The average Bonchev–Trinajstić information content (AvgIpc) is 2.61. The topological polar surface area (TPSA) is 59.4 Å². The first-order chi connectivity index (χ1) is 11.9. The molecule has 1 aliphatic heterocycles. The third-order valence-corrected chi connectivity index (χ3v) is 5.18. The Morgan fingerprint density at radius 3 is 2.36 bits per heavy atom. The number of carbonyl (C=O) groups excluding carboxylic acids is 1. The molecule has 1 aromatic carbocycles. The van der Waals surface area contributed by atoms with Crippen LogP contribution >= 0.6 is 0 Å². The predicted octanol–water partition coefficient (Wildman–Crippen LogP) is 1.90. The zero-order valence-corrected chi connectivity index (χ0v) is 15.7. The summed E-state index contributed by atoms with van der Waals surface area (Å²) in [6, 6.07) is 12.8. The Morgan fingerprint density at radius 1 is 1.20 bits per heavy atom. The van der Waals surface area contributed by atoms with Crippen LogP contribution in [0.2, 0.25) is 0 Å². The first-order valence-electron chi connectivity index (χ1n) is 9.14. The minimum atomic E-state index is -0.797. The Bertz CT molecular complexity index is 587. The first-order valence-corrected chi connectivity index (χ1v) is 9.14. The van der Waals surface area contributed by atoms with Crippen molar-refractivity contribution in [3.63, 3.8) is 0 Å². The third-order valence-electron chi connectivity index (χ3n) is 5.18. The maximum Gasteiger partial charge on any atom is 0.235 e. The molecular formula is C20H30N4O. The van der Waals surface area contributed by atoms with Crippen LogP contribution in [0.1, 0.15) is 26.3 Å². The van der Waals surface area contributed by atoms with E-state index in [2.05, 4.69) is 45.5 Å². The molecule has 0 bridgehead atoms. The van der Waals surface area contributed by atoms with Gasteiger partial charge in [-0.15, -0.1) is 0 Å². The van der Waals surface area contributed by atoms with Crippen molar-refractivity contribution in [3.8, 4) is 6.07 Å². The highest BCUT2D eigenvalue weighted by molar-refractivity contribution is 5.79. The van der Waals surface area contributed by atoms with E-state index in [1.165, 1.54) is 5.56 Å². The summed E-state index contributed by atoms with van der Waals surface area (Å²) < 4.78 is 0. The van der Waals surface area contributed by atoms with E-state index >= 15 is 0 Å². The van der Waals surface area contributed by atoms with Crippen LogP contribution in [0, 0.1) is 17.2 Å². The van der Waals surface area contributed by atoms with Gasteiger partial charge in [0.25, 0.3) is 0 Å². The van der Waals surface area contributed by atoms with Gasteiger partial charge in [-0.3, -0.25) is 9.69 Å². The number of hydrogen-bond donors (Lipinski definition) is 1. The van der Waals surface area contributed by atoms with Crippen LogP contribution in [0.4, 0.5) is 0 Å². The van der Waals surface area contributed by atoms with Gasteiger partial charge in [0, 0.05) is 32.7 Å². The molecule has 5 heteroatoms. The second-order valence-corrected chi connectivity index (χ2v) is 7.37. The molecule has 5 nitrogen and oxygen atoms in total. The number of nitrogens with zero attached hydrogens (tertiary/aromatic N) is 3. The van der Waals surface area contributed by atoms with Gasteiger partial charge in [0.15, 0.2) is 0 Å². The molecule has 2 rings (SSSR count). The molecule has 1 amide bonds. The van der Waals surface area contributed by atoms with Crippen LogP contribution in [0.3, 0.4) is 0 Å². The van der Waals surface area contributed by atoms with Gasteiger partial charge in [0.05, 0.1) is 12.6 Å². The molecule has 0 aliphatic carbocycles. The van der Waals surface area contributed by atoms with Crippen molar-refractivity contribution in [2.45, 2.75) is 32.7 Å². The van der Waals surface area contributed by atoms with Gasteiger partial charge in [-0.05, 0) is 24.8 Å². The first kappa shape index (κ1) is 19.4. The van der Waals surface area contributed by atoms with Crippen LogP contribution in [0.25, 0.3) is 0 Å². The Balaban J connectivity index is 1.71. The van der Waals surface area contributed by atoms with Crippen LogP contribution in [0.5, 0.6) is 0 Å². The minimum Gasteiger partial charge on any atom is -0.337 e. The van der Waals surface area contributed by atoms with Gasteiger partial charge in [-0.25, -0.2) is 0 Å². The summed E-state index contributed by atoms with van der Waals surface area (Å²) in [7, 11) is 0. The van der Waals surface area contributed by atoms with E-state index < -0.39 is 5.54 Å². The molecular weight excluding hydrogens is 312 g/mol. The van der Waals surface area contributed by atoms with E-state index in [1.54, 1.807) is 6.92 Å². The van der Waals surface area contributed by atoms with E-state index in [1.807, 2.05) is 19.9 Å². The molecule has 1 N–H and O–H groups in total. The highest BCUT2D eigenvalue weighted by Gasteiger charge is 2.30. The Kier molecular flexibility index (Phi) is 6.98. The molecule has 25 heavy (non-hydrogen) atoms. The summed E-state index contributed by atoms with van der Waals surface area (Å²) in [5.41, 5.74) is 0.572. The quantitative estimate of drug-likeness (QED) is 0.822. The maximum atomic E-state index is 12.3. The Labute approximate surface area is 151 Å². The highest BCUT2D eigenvalue weighted by atomic mass is 16.2. The fourth-order valence-corrected chi connectivity index (χ4v) is 2.94. The van der Waals surface area contributed by atoms with Crippen LogP contribution < -0.4 is 5.32 Å². The highest BCUT2D eigenvalue weighted by Crippen LogP contribution is 2.15. The number of amides is 1. The van der Waals surface area contributed by atoms with Gasteiger partial charge >= 0.3 is 0 Å². The molecule has 1 fully saturated rings.